The molecule has 0 aliphatic carbocycles. The quantitative estimate of drug-likeness (QED) is 0.410. The first-order valence-electron chi connectivity index (χ1n) is 7.46. The zero-order chi connectivity index (χ0) is 13.9. The van der Waals surface area contributed by atoms with E-state index in [0.29, 0.717) is 6.61 Å². The van der Waals surface area contributed by atoms with E-state index in [1.165, 1.54) is 32.4 Å². The minimum atomic E-state index is 0.708. The van der Waals surface area contributed by atoms with E-state index in [2.05, 4.69) is 34.5 Å². The van der Waals surface area contributed by atoms with Crippen molar-refractivity contribution in [3.05, 3.63) is 0 Å². The minimum absolute atomic E-state index is 0.708. The lowest BCUT2D eigenvalue weighted by molar-refractivity contribution is 0.203. The second-order valence-electron chi connectivity index (χ2n) is 5.22. The molecule has 2 N–H and O–H groups in total. The molecule has 0 aromatic rings. The van der Waals surface area contributed by atoms with Gasteiger partial charge in [0.15, 0.2) is 5.96 Å². The van der Waals surface area contributed by atoms with Gasteiger partial charge in [0.1, 0.15) is 0 Å². The Morgan fingerprint density at radius 2 is 2.05 bits per heavy atom. The second kappa shape index (κ2) is 10.0. The smallest absolute Gasteiger partial charge is 0.191 e. The third-order valence-corrected chi connectivity index (χ3v) is 3.59. The predicted octanol–water partition coefficient (Wildman–Crippen LogP) is 0.920. The molecule has 5 heteroatoms. The van der Waals surface area contributed by atoms with Gasteiger partial charge in [0.05, 0.1) is 6.61 Å². The first-order chi connectivity index (χ1) is 9.26. The average molecular weight is 270 g/mol. The van der Waals surface area contributed by atoms with E-state index in [-0.39, 0.29) is 0 Å². The molecule has 1 saturated heterocycles. The fourth-order valence-electron chi connectivity index (χ4n) is 2.32. The maximum atomic E-state index is 5.03. The van der Waals surface area contributed by atoms with Crippen LogP contribution in [0.5, 0.6) is 0 Å². The fourth-order valence-corrected chi connectivity index (χ4v) is 2.32. The lowest BCUT2D eigenvalue weighted by atomic mass is 9.94. The van der Waals surface area contributed by atoms with E-state index in [9.17, 15) is 0 Å². The Hall–Kier alpha value is -0.810. The molecular formula is C14H30N4O. The highest BCUT2D eigenvalue weighted by Crippen LogP contribution is 2.19. The monoisotopic (exact) mass is 270 g/mol. The molecule has 0 saturated carbocycles. The number of aliphatic imine (C=N–C) groups is 1. The molecule has 5 nitrogen and oxygen atoms in total. The van der Waals surface area contributed by atoms with Crippen molar-refractivity contribution >= 4 is 5.96 Å². The summed E-state index contributed by atoms with van der Waals surface area (Å²) >= 11 is 0. The zero-order valence-corrected chi connectivity index (χ0v) is 12.7. The Morgan fingerprint density at radius 1 is 1.32 bits per heavy atom. The molecule has 19 heavy (non-hydrogen) atoms. The van der Waals surface area contributed by atoms with E-state index in [0.717, 1.165) is 31.5 Å². The third kappa shape index (κ3) is 7.38. The van der Waals surface area contributed by atoms with E-state index < -0.39 is 0 Å². The molecule has 0 radical (unpaired) electrons. The third-order valence-electron chi connectivity index (χ3n) is 3.59. The van der Waals surface area contributed by atoms with Crippen LogP contribution in [-0.2, 0) is 4.74 Å². The normalized spacial score (nSPS) is 18.6. The molecule has 0 spiro atoms. The van der Waals surface area contributed by atoms with Crippen LogP contribution in [-0.4, -0.2) is 64.3 Å². The molecule has 0 aromatic heterocycles. The van der Waals surface area contributed by atoms with Crippen molar-refractivity contribution in [2.75, 3.05) is 53.5 Å². The lowest BCUT2D eigenvalue weighted by Gasteiger charge is -2.28. The summed E-state index contributed by atoms with van der Waals surface area (Å²) in [6.07, 6.45) is 3.84. The van der Waals surface area contributed by atoms with Crippen LogP contribution in [0, 0.1) is 5.92 Å². The largest absolute Gasteiger partial charge is 0.383 e. The van der Waals surface area contributed by atoms with Crippen molar-refractivity contribution in [1.29, 1.82) is 0 Å². The predicted molar refractivity (Wildman–Crippen MR) is 80.7 cm³/mol. The van der Waals surface area contributed by atoms with Crippen LogP contribution in [0.1, 0.15) is 26.2 Å². The van der Waals surface area contributed by atoms with Crippen molar-refractivity contribution in [1.82, 2.24) is 15.5 Å². The summed E-state index contributed by atoms with van der Waals surface area (Å²) in [7, 11) is 3.92. The molecule has 0 amide bonds. The molecule has 1 aliphatic rings. The number of piperidine rings is 1. The summed E-state index contributed by atoms with van der Waals surface area (Å²) in [4.78, 5) is 7.04. The van der Waals surface area contributed by atoms with Gasteiger partial charge in [-0.25, -0.2) is 0 Å². The topological polar surface area (TPSA) is 48.9 Å². The molecule has 1 rings (SSSR count). The van der Waals surface area contributed by atoms with Crippen LogP contribution in [0.4, 0.5) is 0 Å². The maximum Gasteiger partial charge on any atom is 0.191 e. The molecule has 0 aromatic carbocycles. The van der Waals surface area contributed by atoms with Crippen LogP contribution < -0.4 is 10.6 Å². The highest BCUT2D eigenvalue weighted by Gasteiger charge is 2.15. The van der Waals surface area contributed by atoms with Crippen molar-refractivity contribution in [2.45, 2.75) is 26.2 Å². The van der Waals surface area contributed by atoms with Crippen LogP contribution >= 0.6 is 0 Å². The fraction of sp³-hybridized carbons (Fsp3) is 0.929. The lowest BCUT2D eigenvalue weighted by Crippen LogP contribution is -2.39. The van der Waals surface area contributed by atoms with Crippen molar-refractivity contribution < 1.29 is 4.74 Å². The number of hydrogen-bond donors (Lipinski definition) is 2. The molecule has 1 aliphatic heterocycles. The van der Waals surface area contributed by atoms with E-state index >= 15 is 0 Å². The van der Waals surface area contributed by atoms with E-state index in [1.54, 1.807) is 7.11 Å². The van der Waals surface area contributed by atoms with Gasteiger partial charge in [-0.3, -0.25) is 4.99 Å². The molecular weight excluding hydrogens is 240 g/mol. The molecule has 1 fully saturated rings. The summed E-state index contributed by atoms with van der Waals surface area (Å²) in [5.74, 6) is 1.76. The van der Waals surface area contributed by atoms with Crippen LogP contribution in [0.3, 0.4) is 0 Å². The van der Waals surface area contributed by atoms with Crippen LogP contribution in [0.15, 0.2) is 4.99 Å². The van der Waals surface area contributed by atoms with Gasteiger partial charge in [0.2, 0.25) is 0 Å². The highest BCUT2D eigenvalue weighted by atomic mass is 16.5. The first kappa shape index (κ1) is 16.2. The van der Waals surface area contributed by atoms with Gasteiger partial charge in [-0.05, 0) is 52.2 Å². The Morgan fingerprint density at radius 3 is 2.68 bits per heavy atom. The van der Waals surface area contributed by atoms with Crippen molar-refractivity contribution in [3.8, 4) is 0 Å². The van der Waals surface area contributed by atoms with Gasteiger partial charge in [-0.15, -0.1) is 0 Å². The van der Waals surface area contributed by atoms with Gasteiger partial charge in [0.25, 0.3) is 0 Å². The van der Waals surface area contributed by atoms with Gasteiger partial charge in [-0.2, -0.15) is 0 Å². The standard InChI is InChI=1S/C14H30N4O/c1-4-15-14(17-9-12-19-3)16-8-5-13-6-10-18(2)11-7-13/h13H,4-12H2,1-3H3,(H2,15,16,17). The van der Waals surface area contributed by atoms with E-state index in [4.69, 9.17) is 4.74 Å². The number of nitrogens with zero attached hydrogens (tertiary/aromatic N) is 2. The molecule has 0 atom stereocenters. The van der Waals surface area contributed by atoms with E-state index in [1.807, 2.05) is 0 Å². The van der Waals surface area contributed by atoms with Crippen LogP contribution in [0.25, 0.3) is 0 Å². The maximum absolute atomic E-state index is 5.03. The second-order valence-corrected chi connectivity index (χ2v) is 5.22. The molecule has 112 valence electrons. The first-order valence-corrected chi connectivity index (χ1v) is 7.46. The zero-order valence-electron chi connectivity index (χ0n) is 12.7. The van der Waals surface area contributed by atoms with Crippen molar-refractivity contribution in [2.24, 2.45) is 10.9 Å². The Bertz CT molecular complexity index is 250. The Labute approximate surface area is 117 Å². The van der Waals surface area contributed by atoms with Gasteiger partial charge >= 0.3 is 0 Å². The highest BCUT2D eigenvalue weighted by molar-refractivity contribution is 5.79. The Kier molecular flexibility index (Phi) is 8.58. The van der Waals surface area contributed by atoms with Crippen LogP contribution in [0.2, 0.25) is 0 Å². The number of hydrogen-bond acceptors (Lipinski definition) is 3. The minimum Gasteiger partial charge on any atom is -0.383 e. The van der Waals surface area contributed by atoms with Crippen molar-refractivity contribution in [3.63, 3.8) is 0 Å². The SMILES string of the molecule is CCNC(=NCCC1CCN(C)CC1)NCCOC. The Balaban J connectivity index is 2.22. The number of guanidine groups is 1. The van der Waals surface area contributed by atoms with Gasteiger partial charge in [0, 0.05) is 26.7 Å². The number of rotatable bonds is 7. The van der Waals surface area contributed by atoms with Gasteiger partial charge in [-0.1, -0.05) is 0 Å². The average Bonchev–Trinajstić information content (AvgIpc) is 2.41. The summed E-state index contributed by atoms with van der Waals surface area (Å²) in [6, 6.07) is 0. The number of nitrogens with one attached hydrogen (secondary N) is 2. The number of ether oxygens (including phenoxy) is 1. The summed E-state index contributed by atoms with van der Waals surface area (Å²) < 4.78 is 5.03. The molecule has 0 unspecified atom stereocenters. The number of likely N-dealkylation sites (tertiary alicyclic amines) is 1. The number of methoxy groups -OCH3 is 1. The molecule has 1 heterocycles. The molecule has 0 bridgehead atoms. The van der Waals surface area contributed by atoms with Gasteiger partial charge < -0.3 is 20.3 Å². The summed E-state index contributed by atoms with van der Waals surface area (Å²) in [6.45, 7) is 7.88. The summed E-state index contributed by atoms with van der Waals surface area (Å²) in [5.41, 5.74) is 0. The summed E-state index contributed by atoms with van der Waals surface area (Å²) in [5, 5.41) is 6.53.